The Balaban J connectivity index is 1.62. The third-order valence-corrected chi connectivity index (χ3v) is 4.93. The maximum atomic E-state index is 13.0. The molecule has 2 aromatic carbocycles. The zero-order valence-electron chi connectivity index (χ0n) is 15.3. The molecule has 27 heavy (non-hydrogen) atoms. The number of primary amides is 1. The molecule has 2 aromatic rings. The van der Waals surface area contributed by atoms with Gasteiger partial charge in [0.15, 0.2) is 0 Å². The Morgan fingerprint density at radius 1 is 0.963 bits per heavy atom. The zero-order valence-corrected chi connectivity index (χ0v) is 15.3. The van der Waals surface area contributed by atoms with Crippen LogP contribution in [0.1, 0.15) is 12.0 Å². The van der Waals surface area contributed by atoms with E-state index in [0.717, 1.165) is 11.3 Å². The van der Waals surface area contributed by atoms with E-state index in [0.29, 0.717) is 32.6 Å². The van der Waals surface area contributed by atoms with Crippen LogP contribution in [-0.2, 0) is 16.0 Å². The fourth-order valence-electron chi connectivity index (χ4n) is 3.49. The van der Waals surface area contributed by atoms with Gasteiger partial charge < -0.3 is 20.6 Å². The second kappa shape index (κ2) is 8.58. The predicted molar refractivity (Wildman–Crippen MR) is 104 cm³/mol. The minimum absolute atomic E-state index is 0.0111. The van der Waals surface area contributed by atoms with Gasteiger partial charge >= 0.3 is 0 Å². The number of aromatic hydroxyl groups is 1. The molecule has 1 saturated heterocycles. The Morgan fingerprint density at radius 2 is 1.59 bits per heavy atom. The molecule has 1 aliphatic heterocycles. The van der Waals surface area contributed by atoms with E-state index >= 15 is 0 Å². The second-order valence-electron chi connectivity index (χ2n) is 6.89. The van der Waals surface area contributed by atoms with E-state index in [9.17, 15) is 14.7 Å². The lowest BCUT2D eigenvalue weighted by atomic mass is 9.94. The smallest absolute Gasteiger partial charge is 0.226 e. The number of rotatable bonds is 6. The molecule has 0 spiro atoms. The van der Waals surface area contributed by atoms with E-state index in [1.54, 1.807) is 12.1 Å². The molecule has 3 rings (SSSR count). The van der Waals surface area contributed by atoms with Gasteiger partial charge in [0.2, 0.25) is 11.8 Å². The van der Waals surface area contributed by atoms with Gasteiger partial charge in [-0.15, -0.1) is 0 Å². The molecule has 1 aliphatic rings. The standard InChI is InChI=1S/C21H25N3O3/c22-20(26)15-17(14-16-4-2-1-3-5-16)21(27)24-12-10-23(11-13-24)18-6-8-19(25)9-7-18/h1-9,17,25H,10-15H2,(H2,22,26)/t17-/m0/s1. The van der Waals surface area contributed by atoms with E-state index < -0.39 is 11.8 Å². The van der Waals surface area contributed by atoms with Gasteiger partial charge in [0, 0.05) is 38.3 Å². The van der Waals surface area contributed by atoms with Crippen LogP contribution < -0.4 is 10.6 Å². The molecule has 0 saturated carbocycles. The summed E-state index contributed by atoms with van der Waals surface area (Å²) >= 11 is 0. The van der Waals surface area contributed by atoms with Crippen LogP contribution in [0.25, 0.3) is 0 Å². The molecule has 0 unspecified atom stereocenters. The van der Waals surface area contributed by atoms with Crippen LogP contribution in [0.5, 0.6) is 5.75 Å². The maximum absolute atomic E-state index is 13.0. The number of piperazine rings is 1. The Labute approximate surface area is 159 Å². The van der Waals surface area contributed by atoms with Crippen molar-refractivity contribution in [3.05, 3.63) is 60.2 Å². The molecule has 1 heterocycles. The van der Waals surface area contributed by atoms with Crippen molar-refractivity contribution in [2.75, 3.05) is 31.1 Å². The third kappa shape index (κ3) is 5.00. The van der Waals surface area contributed by atoms with Crippen LogP contribution in [0, 0.1) is 5.92 Å². The predicted octanol–water partition coefficient (Wildman–Crippen LogP) is 1.78. The number of phenols is 1. The Morgan fingerprint density at radius 3 is 2.19 bits per heavy atom. The van der Waals surface area contributed by atoms with Gasteiger partial charge in [-0.05, 0) is 36.2 Å². The van der Waals surface area contributed by atoms with E-state index in [4.69, 9.17) is 5.73 Å². The summed E-state index contributed by atoms with van der Waals surface area (Å²) < 4.78 is 0. The van der Waals surface area contributed by atoms with Crippen LogP contribution in [0.4, 0.5) is 5.69 Å². The summed E-state index contributed by atoms with van der Waals surface area (Å²) in [5.74, 6) is -0.650. The largest absolute Gasteiger partial charge is 0.508 e. The molecule has 1 atom stereocenters. The van der Waals surface area contributed by atoms with Crippen molar-refractivity contribution in [3.63, 3.8) is 0 Å². The Kier molecular flexibility index (Phi) is 5.96. The van der Waals surface area contributed by atoms with Gasteiger partial charge in [-0.1, -0.05) is 30.3 Å². The number of anilines is 1. The van der Waals surface area contributed by atoms with Gasteiger partial charge in [-0.2, -0.15) is 0 Å². The molecule has 2 amide bonds. The minimum Gasteiger partial charge on any atom is -0.508 e. The summed E-state index contributed by atoms with van der Waals surface area (Å²) in [6.45, 7) is 2.63. The zero-order chi connectivity index (χ0) is 19.2. The summed E-state index contributed by atoms with van der Waals surface area (Å²) in [4.78, 5) is 28.5. The highest BCUT2D eigenvalue weighted by molar-refractivity contribution is 5.85. The number of nitrogens with two attached hydrogens (primary N) is 1. The van der Waals surface area contributed by atoms with Crippen LogP contribution in [-0.4, -0.2) is 48.0 Å². The van der Waals surface area contributed by atoms with Crippen molar-refractivity contribution >= 4 is 17.5 Å². The first-order valence-corrected chi connectivity index (χ1v) is 9.18. The number of amides is 2. The number of phenolic OH excluding ortho intramolecular Hbond substituents is 1. The summed E-state index contributed by atoms with van der Waals surface area (Å²) in [5.41, 5.74) is 7.44. The summed E-state index contributed by atoms with van der Waals surface area (Å²) in [5, 5.41) is 9.41. The number of benzene rings is 2. The molecule has 0 aromatic heterocycles. The minimum atomic E-state index is -0.452. The van der Waals surface area contributed by atoms with Gasteiger partial charge in [0.25, 0.3) is 0 Å². The number of nitrogens with zero attached hydrogens (tertiary/aromatic N) is 2. The number of carbonyl (C=O) groups excluding carboxylic acids is 2. The SMILES string of the molecule is NC(=O)C[C@H](Cc1ccccc1)C(=O)N1CCN(c2ccc(O)cc2)CC1. The summed E-state index contributed by atoms with van der Waals surface area (Å²) in [6.07, 6.45) is 0.576. The summed E-state index contributed by atoms with van der Waals surface area (Å²) in [7, 11) is 0. The molecule has 0 aliphatic carbocycles. The highest BCUT2D eigenvalue weighted by Gasteiger charge is 2.28. The van der Waals surface area contributed by atoms with Crippen LogP contribution in [0.15, 0.2) is 54.6 Å². The van der Waals surface area contributed by atoms with Crippen LogP contribution in [0.2, 0.25) is 0 Å². The van der Waals surface area contributed by atoms with Gasteiger partial charge in [-0.3, -0.25) is 9.59 Å². The van der Waals surface area contributed by atoms with Crippen molar-refractivity contribution < 1.29 is 14.7 Å². The summed E-state index contributed by atoms with van der Waals surface area (Å²) in [6, 6.07) is 16.8. The van der Waals surface area contributed by atoms with Gasteiger partial charge in [0.05, 0.1) is 5.92 Å². The van der Waals surface area contributed by atoms with Crippen LogP contribution >= 0.6 is 0 Å². The molecule has 6 nitrogen and oxygen atoms in total. The van der Waals surface area contributed by atoms with Gasteiger partial charge in [0.1, 0.15) is 5.75 Å². The van der Waals surface area contributed by atoms with Crippen molar-refractivity contribution in [3.8, 4) is 5.75 Å². The first kappa shape index (κ1) is 18.8. The number of hydrogen-bond donors (Lipinski definition) is 2. The Hall–Kier alpha value is -3.02. The third-order valence-electron chi connectivity index (χ3n) is 4.93. The number of hydrogen-bond acceptors (Lipinski definition) is 4. The fraction of sp³-hybridized carbons (Fsp3) is 0.333. The van der Waals surface area contributed by atoms with Gasteiger partial charge in [-0.25, -0.2) is 0 Å². The quantitative estimate of drug-likeness (QED) is 0.815. The molecule has 142 valence electrons. The van der Waals surface area contributed by atoms with E-state index in [-0.39, 0.29) is 18.1 Å². The molecule has 1 fully saturated rings. The monoisotopic (exact) mass is 367 g/mol. The normalized spacial score (nSPS) is 15.4. The lowest BCUT2D eigenvalue weighted by Crippen LogP contribution is -2.51. The van der Waals surface area contributed by atoms with Crippen molar-refractivity contribution in [1.29, 1.82) is 0 Å². The lowest BCUT2D eigenvalue weighted by molar-refractivity contribution is -0.138. The van der Waals surface area contributed by atoms with Crippen LogP contribution in [0.3, 0.4) is 0 Å². The average Bonchev–Trinajstić information content (AvgIpc) is 2.68. The molecule has 0 bridgehead atoms. The fourth-order valence-corrected chi connectivity index (χ4v) is 3.49. The van der Waals surface area contributed by atoms with Crippen molar-refractivity contribution in [1.82, 2.24) is 4.90 Å². The molecule has 0 radical (unpaired) electrons. The molecular formula is C21H25N3O3. The second-order valence-corrected chi connectivity index (χ2v) is 6.89. The highest BCUT2D eigenvalue weighted by atomic mass is 16.3. The molecule has 3 N–H and O–H groups in total. The van der Waals surface area contributed by atoms with E-state index in [1.165, 1.54) is 0 Å². The van der Waals surface area contributed by atoms with Crippen molar-refractivity contribution in [2.24, 2.45) is 11.7 Å². The average molecular weight is 367 g/mol. The Bertz CT molecular complexity index is 769. The lowest BCUT2D eigenvalue weighted by Gasteiger charge is -2.37. The maximum Gasteiger partial charge on any atom is 0.226 e. The first-order valence-electron chi connectivity index (χ1n) is 9.18. The van der Waals surface area contributed by atoms with E-state index in [2.05, 4.69) is 4.90 Å². The topological polar surface area (TPSA) is 86.9 Å². The molecular weight excluding hydrogens is 342 g/mol. The molecule has 6 heteroatoms. The van der Waals surface area contributed by atoms with Crippen molar-refractivity contribution in [2.45, 2.75) is 12.8 Å². The number of carbonyl (C=O) groups is 2. The van der Waals surface area contributed by atoms with E-state index in [1.807, 2.05) is 47.4 Å². The highest BCUT2D eigenvalue weighted by Crippen LogP contribution is 2.21. The first-order chi connectivity index (χ1) is 13.0.